The van der Waals surface area contributed by atoms with E-state index in [1.807, 2.05) is 53.2 Å². The number of hydrogen-bond donors (Lipinski definition) is 0. The number of carbonyl (C=O) groups is 1. The van der Waals surface area contributed by atoms with Gasteiger partial charge in [0, 0.05) is 38.5 Å². The summed E-state index contributed by atoms with van der Waals surface area (Å²) in [5.74, 6) is 0.836. The molecule has 0 fully saturated rings. The summed E-state index contributed by atoms with van der Waals surface area (Å²) in [7, 11) is 1.65. The summed E-state index contributed by atoms with van der Waals surface area (Å²) >= 11 is 0. The number of aryl methyl sites for hydroxylation is 1. The highest BCUT2D eigenvalue weighted by molar-refractivity contribution is 5.79. The average molecular weight is 343 g/mol. The lowest BCUT2D eigenvalue weighted by Crippen LogP contribution is -2.41. The zero-order valence-electron chi connectivity index (χ0n) is 14.9. The summed E-state index contributed by atoms with van der Waals surface area (Å²) in [4.78, 5) is 14.9. The molecular weight excluding hydrogens is 318 g/mol. The van der Waals surface area contributed by atoms with Crippen LogP contribution in [0.5, 0.6) is 5.75 Å². The van der Waals surface area contributed by atoms with E-state index in [9.17, 15) is 4.79 Å². The van der Waals surface area contributed by atoms with E-state index in [1.54, 1.807) is 7.11 Å². The van der Waals surface area contributed by atoms with Gasteiger partial charge in [0.1, 0.15) is 12.4 Å². The molecule has 2 heterocycles. The van der Waals surface area contributed by atoms with E-state index in [2.05, 4.69) is 5.10 Å². The van der Waals surface area contributed by atoms with Crippen molar-refractivity contribution in [2.24, 2.45) is 5.92 Å². The first-order valence-electron chi connectivity index (χ1n) is 8.71. The minimum Gasteiger partial charge on any atom is -0.492 e. The third-order valence-electron chi connectivity index (χ3n) is 4.49. The molecule has 6 heteroatoms. The maximum Gasteiger partial charge on any atom is 0.229 e. The van der Waals surface area contributed by atoms with Crippen LogP contribution in [-0.2, 0) is 29.0 Å². The molecule has 0 saturated carbocycles. The fourth-order valence-corrected chi connectivity index (χ4v) is 3.09. The van der Waals surface area contributed by atoms with Crippen LogP contribution in [0, 0.1) is 5.92 Å². The number of amides is 1. The molecule has 0 spiro atoms. The van der Waals surface area contributed by atoms with Crippen LogP contribution in [0.3, 0.4) is 0 Å². The van der Waals surface area contributed by atoms with Gasteiger partial charge in [-0.25, -0.2) is 0 Å². The standard InChI is InChI=1S/C19H25N3O3/c1-3-22-13-15(11-20-22)12-21(8-9-24-2)19(23)17-10-16-6-4-5-7-18(16)25-14-17/h4-7,11,13,17H,3,8-10,12,14H2,1-2H3/t17-/m1/s1. The number of fused-ring (bicyclic) bond motifs is 1. The predicted octanol–water partition coefficient (Wildman–Crippen LogP) is 2.13. The van der Waals surface area contributed by atoms with Crippen molar-refractivity contribution in [1.82, 2.24) is 14.7 Å². The Balaban J connectivity index is 1.70. The Kier molecular flexibility index (Phi) is 5.71. The quantitative estimate of drug-likeness (QED) is 0.773. The summed E-state index contributed by atoms with van der Waals surface area (Å²) in [6, 6.07) is 7.92. The van der Waals surface area contributed by atoms with Gasteiger partial charge in [0.2, 0.25) is 5.91 Å². The molecule has 1 aliphatic heterocycles. The Morgan fingerprint density at radius 3 is 3.04 bits per heavy atom. The maximum atomic E-state index is 13.1. The molecule has 1 aliphatic rings. The average Bonchev–Trinajstić information content (AvgIpc) is 3.12. The molecule has 134 valence electrons. The molecule has 0 N–H and O–H groups in total. The molecule has 0 bridgehead atoms. The van der Waals surface area contributed by atoms with Crippen molar-refractivity contribution < 1.29 is 14.3 Å². The van der Waals surface area contributed by atoms with Crippen molar-refractivity contribution in [2.45, 2.75) is 26.4 Å². The Labute approximate surface area is 148 Å². The highest BCUT2D eigenvalue weighted by atomic mass is 16.5. The third kappa shape index (κ3) is 4.20. The second-order valence-electron chi connectivity index (χ2n) is 6.28. The van der Waals surface area contributed by atoms with Gasteiger partial charge in [-0.05, 0) is 25.0 Å². The molecule has 1 aromatic heterocycles. The Hall–Kier alpha value is -2.34. The first-order valence-corrected chi connectivity index (χ1v) is 8.71. The Bertz CT molecular complexity index is 713. The zero-order valence-corrected chi connectivity index (χ0v) is 14.9. The zero-order chi connectivity index (χ0) is 17.6. The molecule has 6 nitrogen and oxygen atoms in total. The summed E-state index contributed by atoms with van der Waals surface area (Å²) in [6.45, 7) is 4.90. The second kappa shape index (κ2) is 8.16. The topological polar surface area (TPSA) is 56.6 Å². The van der Waals surface area contributed by atoms with E-state index in [0.29, 0.717) is 32.7 Å². The summed E-state index contributed by atoms with van der Waals surface area (Å²) in [5, 5.41) is 4.29. The van der Waals surface area contributed by atoms with Crippen molar-refractivity contribution in [3.63, 3.8) is 0 Å². The molecule has 0 radical (unpaired) electrons. The minimum absolute atomic E-state index is 0.107. The number of benzene rings is 1. The lowest BCUT2D eigenvalue weighted by Gasteiger charge is -2.30. The Morgan fingerprint density at radius 2 is 2.28 bits per heavy atom. The van der Waals surface area contributed by atoms with Gasteiger partial charge in [0.05, 0.1) is 18.7 Å². The first kappa shape index (κ1) is 17.5. The van der Waals surface area contributed by atoms with Crippen molar-refractivity contribution >= 4 is 5.91 Å². The van der Waals surface area contributed by atoms with E-state index in [1.165, 1.54) is 0 Å². The van der Waals surface area contributed by atoms with Crippen LogP contribution in [-0.4, -0.2) is 47.5 Å². The molecule has 25 heavy (non-hydrogen) atoms. The minimum atomic E-state index is -0.159. The van der Waals surface area contributed by atoms with Crippen LogP contribution >= 0.6 is 0 Å². The highest BCUT2D eigenvalue weighted by Crippen LogP contribution is 2.28. The van der Waals surface area contributed by atoms with Gasteiger partial charge < -0.3 is 14.4 Å². The number of carbonyl (C=O) groups excluding carboxylic acids is 1. The molecule has 0 aliphatic carbocycles. The SMILES string of the molecule is CCn1cc(CN(CCOC)C(=O)[C@H]2COc3ccccc3C2)cn1. The van der Waals surface area contributed by atoms with Gasteiger partial charge in [-0.1, -0.05) is 18.2 Å². The van der Waals surface area contributed by atoms with Crippen molar-refractivity contribution in [1.29, 1.82) is 0 Å². The van der Waals surface area contributed by atoms with Crippen molar-refractivity contribution in [3.05, 3.63) is 47.8 Å². The predicted molar refractivity (Wildman–Crippen MR) is 94.3 cm³/mol. The highest BCUT2D eigenvalue weighted by Gasteiger charge is 2.29. The van der Waals surface area contributed by atoms with Gasteiger partial charge in [0.25, 0.3) is 0 Å². The van der Waals surface area contributed by atoms with Crippen LogP contribution in [0.25, 0.3) is 0 Å². The van der Waals surface area contributed by atoms with Crippen LogP contribution in [0.2, 0.25) is 0 Å². The van der Waals surface area contributed by atoms with E-state index in [4.69, 9.17) is 9.47 Å². The summed E-state index contributed by atoms with van der Waals surface area (Å²) in [6.07, 6.45) is 4.52. The van der Waals surface area contributed by atoms with Gasteiger partial charge in [-0.15, -0.1) is 0 Å². The number of nitrogens with zero attached hydrogens (tertiary/aromatic N) is 3. The molecule has 3 rings (SSSR count). The molecule has 0 unspecified atom stereocenters. The summed E-state index contributed by atoms with van der Waals surface area (Å²) in [5.41, 5.74) is 2.13. The number of rotatable bonds is 7. The number of para-hydroxylation sites is 1. The molecular formula is C19H25N3O3. The number of aromatic nitrogens is 2. The molecule has 1 atom stereocenters. The molecule has 1 amide bonds. The fraction of sp³-hybridized carbons (Fsp3) is 0.474. The lowest BCUT2D eigenvalue weighted by atomic mass is 9.95. The van der Waals surface area contributed by atoms with E-state index in [-0.39, 0.29) is 11.8 Å². The van der Waals surface area contributed by atoms with Crippen LogP contribution in [0.1, 0.15) is 18.1 Å². The van der Waals surface area contributed by atoms with Crippen LogP contribution in [0.15, 0.2) is 36.7 Å². The van der Waals surface area contributed by atoms with Gasteiger partial charge >= 0.3 is 0 Å². The Morgan fingerprint density at radius 1 is 1.44 bits per heavy atom. The third-order valence-corrected chi connectivity index (χ3v) is 4.49. The smallest absolute Gasteiger partial charge is 0.229 e. The van der Waals surface area contributed by atoms with Gasteiger partial charge in [-0.3, -0.25) is 9.48 Å². The summed E-state index contributed by atoms with van der Waals surface area (Å²) < 4.78 is 12.8. The lowest BCUT2D eigenvalue weighted by molar-refractivity contribution is -0.138. The van der Waals surface area contributed by atoms with E-state index < -0.39 is 0 Å². The largest absolute Gasteiger partial charge is 0.492 e. The fourth-order valence-electron chi connectivity index (χ4n) is 3.09. The maximum absolute atomic E-state index is 13.1. The van der Waals surface area contributed by atoms with Crippen molar-refractivity contribution in [2.75, 3.05) is 26.9 Å². The van der Waals surface area contributed by atoms with E-state index >= 15 is 0 Å². The second-order valence-corrected chi connectivity index (χ2v) is 6.28. The van der Waals surface area contributed by atoms with E-state index in [0.717, 1.165) is 23.4 Å². The number of ether oxygens (including phenoxy) is 2. The monoisotopic (exact) mass is 343 g/mol. The van der Waals surface area contributed by atoms with Crippen LogP contribution < -0.4 is 4.74 Å². The first-order chi connectivity index (χ1) is 12.2. The normalized spacial score (nSPS) is 16.2. The van der Waals surface area contributed by atoms with Gasteiger partial charge in [0.15, 0.2) is 0 Å². The van der Waals surface area contributed by atoms with Crippen LogP contribution in [0.4, 0.5) is 0 Å². The van der Waals surface area contributed by atoms with Gasteiger partial charge in [-0.2, -0.15) is 5.10 Å². The van der Waals surface area contributed by atoms with Crippen molar-refractivity contribution in [3.8, 4) is 5.75 Å². The molecule has 2 aromatic rings. The molecule has 1 aromatic carbocycles. The number of methoxy groups -OCH3 is 1. The molecule has 0 saturated heterocycles. The number of hydrogen-bond acceptors (Lipinski definition) is 4.